The van der Waals surface area contributed by atoms with E-state index in [4.69, 9.17) is 5.11 Å². The number of rotatable bonds is 2. The van der Waals surface area contributed by atoms with Gasteiger partial charge in [-0.3, -0.25) is 4.90 Å². The van der Waals surface area contributed by atoms with E-state index < -0.39 is 5.97 Å². The van der Waals surface area contributed by atoms with Crippen molar-refractivity contribution in [3.8, 4) is 0 Å². The maximum atomic E-state index is 10.8. The van der Waals surface area contributed by atoms with E-state index in [9.17, 15) is 4.79 Å². The lowest BCUT2D eigenvalue weighted by atomic mass is 10.1. The minimum absolute atomic E-state index is 0.107. The predicted octanol–water partition coefficient (Wildman–Crippen LogP) is 1.45. The molecule has 2 aliphatic heterocycles. The van der Waals surface area contributed by atoms with Crippen molar-refractivity contribution in [2.24, 2.45) is 0 Å². The molecule has 2 unspecified atom stereocenters. The van der Waals surface area contributed by atoms with Crippen LogP contribution >= 0.6 is 0 Å². The normalized spacial score (nSPS) is 27.3. The van der Waals surface area contributed by atoms with E-state index in [1.807, 2.05) is 6.07 Å². The van der Waals surface area contributed by atoms with Crippen LogP contribution in [0.15, 0.2) is 18.3 Å². The molecule has 3 rings (SSSR count). The Labute approximate surface area is 112 Å². The Morgan fingerprint density at radius 3 is 2.95 bits per heavy atom. The Bertz CT molecular complexity index is 474. The number of pyridine rings is 1. The zero-order valence-electron chi connectivity index (χ0n) is 11.1. The summed E-state index contributed by atoms with van der Waals surface area (Å²) in [6, 6.07) is 4.56. The predicted molar refractivity (Wildman–Crippen MR) is 72.6 cm³/mol. The van der Waals surface area contributed by atoms with Gasteiger partial charge in [0.15, 0.2) is 0 Å². The van der Waals surface area contributed by atoms with Gasteiger partial charge in [-0.15, -0.1) is 0 Å². The molecule has 1 aromatic heterocycles. The van der Waals surface area contributed by atoms with Crippen molar-refractivity contribution in [2.75, 3.05) is 24.5 Å². The number of fused-ring (bicyclic) bond motifs is 1. The highest BCUT2D eigenvalue weighted by atomic mass is 16.4. The molecular weight excluding hydrogens is 242 g/mol. The molecule has 19 heavy (non-hydrogen) atoms. The Balaban J connectivity index is 1.79. The second kappa shape index (κ2) is 4.81. The molecule has 0 bridgehead atoms. The van der Waals surface area contributed by atoms with Crippen molar-refractivity contribution in [3.63, 3.8) is 0 Å². The van der Waals surface area contributed by atoms with Crippen LogP contribution in [0.1, 0.15) is 30.3 Å². The van der Waals surface area contributed by atoms with E-state index in [2.05, 4.69) is 21.7 Å². The molecule has 1 aromatic rings. The van der Waals surface area contributed by atoms with Crippen molar-refractivity contribution < 1.29 is 9.90 Å². The van der Waals surface area contributed by atoms with Crippen LogP contribution in [-0.4, -0.2) is 52.7 Å². The van der Waals surface area contributed by atoms with Crippen molar-refractivity contribution in [1.29, 1.82) is 0 Å². The van der Waals surface area contributed by atoms with Gasteiger partial charge >= 0.3 is 5.97 Å². The van der Waals surface area contributed by atoms with E-state index in [1.54, 1.807) is 12.3 Å². The molecule has 5 nitrogen and oxygen atoms in total. The minimum atomic E-state index is -0.972. The van der Waals surface area contributed by atoms with E-state index in [0.29, 0.717) is 12.1 Å². The molecule has 0 amide bonds. The molecule has 0 aromatic carbocycles. The summed E-state index contributed by atoms with van der Waals surface area (Å²) in [5.74, 6) is -0.972. The number of carboxylic acids is 1. The van der Waals surface area contributed by atoms with Crippen LogP contribution in [0.3, 0.4) is 0 Å². The number of carboxylic acid groups (broad SMARTS) is 1. The fourth-order valence-corrected chi connectivity index (χ4v) is 3.23. The monoisotopic (exact) mass is 261 g/mol. The van der Waals surface area contributed by atoms with Crippen molar-refractivity contribution in [1.82, 2.24) is 9.88 Å². The summed E-state index contributed by atoms with van der Waals surface area (Å²) in [5.41, 5.74) is 1.14. The smallest absolute Gasteiger partial charge is 0.354 e. The molecule has 2 atom stereocenters. The van der Waals surface area contributed by atoms with E-state index in [1.165, 1.54) is 19.4 Å². The molecule has 0 radical (unpaired) electrons. The number of carbonyl (C=O) groups is 1. The van der Waals surface area contributed by atoms with E-state index in [-0.39, 0.29) is 5.69 Å². The molecule has 1 N–H and O–H groups in total. The fraction of sp³-hybridized carbons (Fsp3) is 0.571. The summed E-state index contributed by atoms with van der Waals surface area (Å²) in [6.45, 7) is 5.55. The van der Waals surface area contributed by atoms with Gasteiger partial charge in [0.05, 0.1) is 11.9 Å². The Hall–Kier alpha value is -1.62. The van der Waals surface area contributed by atoms with E-state index in [0.717, 1.165) is 18.8 Å². The second-order valence-corrected chi connectivity index (χ2v) is 5.50. The molecule has 2 saturated heterocycles. The molecule has 3 heterocycles. The first-order valence-electron chi connectivity index (χ1n) is 6.85. The van der Waals surface area contributed by atoms with Gasteiger partial charge in [-0.05, 0) is 38.4 Å². The number of aromatic carboxylic acids is 1. The first-order chi connectivity index (χ1) is 9.15. The quantitative estimate of drug-likeness (QED) is 0.873. The lowest BCUT2D eigenvalue weighted by Crippen LogP contribution is -2.55. The number of aromatic nitrogens is 1. The molecule has 0 spiro atoms. The zero-order chi connectivity index (χ0) is 13.4. The third-order valence-electron chi connectivity index (χ3n) is 4.24. The van der Waals surface area contributed by atoms with Crippen LogP contribution in [0.5, 0.6) is 0 Å². The number of nitrogens with zero attached hydrogens (tertiary/aromatic N) is 3. The van der Waals surface area contributed by atoms with Gasteiger partial charge in [0, 0.05) is 25.2 Å². The van der Waals surface area contributed by atoms with Gasteiger partial charge in [0.2, 0.25) is 0 Å². The first-order valence-corrected chi connectivity index (χ1v) is 6.85. The molecule has 2 fully saturated rings. The minimum Gasteiger partial charge on any atom is -0.477 e. The summed E-state index contributed by atoms with van der Waals surface area (Å²) in [5, 5.41) is 8.88. The second-order valence-electron chi connectivity index (χ2n) is 5.50. The highest BCUT2D eigenvalue weighted by molar-refractivity contribution is 5.85. The van der Waals surface area contributed by atoms with Crippen molar-refractivity contribution in [2.45, 2.75) is 31.8 Å². The van der Waals surface area contributed by atoms with Crippen LogP contribution in [0, 0.1) is 0 Å². The van der Waals surface area contributed by atoms with Crippen LogP contribution in [0.25, 0.3) is 0 Å². The van der Waals surface area contributed by atoms with Gasteiger partial charge in [-0.2, -0.15) is 0 Å². The number of hydrogen-bond donors (Lipinski definition) is 1. The number of piperazine rings is 1. The van der Waals surface area contributed by atoms with Gasteiger partial charge < -0.3 is 10.0 Å². The standard InChI is InChI=1S/C14H19N3O2/c1-10-8-16-6-2-3-12(16)9-17(10)11-4-5-13(14(18)19)15-7-11/h4-5,7,10,12H,2-3,6,8-9H2,1H3,(H,18,19). The topological polar surface area (TPSA) is 56.7 Å². The Kier molecular flexibility index (Phi) is 3.14. The first kappa shape index (κ1) is 12.4. The van der Waals surface area contributed by atoms with E-state index >= 15 is 0 Å². The largest absolute Gasteiger partial charge is 0.477 e. The van der Waals surface area contributed by atoms with Crippen LogP contribution < -0.4 is 4.90 Å². The van der Waals surface area contributed by atoms with Crippen LogP contribution in [0.4, 0.5) is 5.69 Å². The Morgan fingerprint density at radius 2 is 2.26 bits per heavy atom. The summed E-state index contributed by atoms with van der Waals surface area (Å²) in [7, 11) is 0. The third kappa shape index (κ3) is 2.30. The molecule has 0 aliphatic carbocycles. The summed E-state index contributed by atoms with van der Waals surface area (Å²) in [6.07, 6.45) is 4.25. The molecule has 0 saturated carbocycles. The van der Waals surface area contributed by atoms with Gasteiger partial charge in [-0.1, -0.05) is 0 Å². The maximum Gasteiger partial charge on any atom is 0.354 e. The zero-order valence-corrected chi connectivity index (χ0v) is 11.1. The fourth-order valence-electron chi connectivity index (χ4n) is 3.23. The average molecular weight is 261 g/mol. The number of hydrogen-bond acceptors (Lipinski definition) is 4. The highest BCUT2D eigenvalue weighted by Gasteiger charge is 2.34. The van der Waals surface area contributed by atoms with Crippen LogP contribution in [0.2, 0.25) is 0 Å². The SMILES string of the molecule is CC1CN2CCCC2CN1c1ccc(C(=O)O)nc1. The maximum absolute atomic E-state index is 10.8. The lowest BCUT2D eigenvalue weighted by molar-refractivity contribution is 0.0690. The molecule has 2 aliphatic rings. The van der Waals surface area contributed by atoms with Crippen molar-refractivity contribution in [3.05, 3.63) is 24.0 Å². The molecular formula is C14H19N3O2. The summed E-state index contributed by atoms with van der Waals surface area (Å²) < 4.78 is 0. The average Bonchev–Trinajstić information content (AvgIpc) is 2.85. The summed E-state index contributed by atoms with van der Waals surface area (Å²) in [4.78, 5) is 19.8. The van der Waals surface area contributed by atoms with Gasteiger partial charge in [0.1, 0.15) is 5.69 Å². The highest BCUT2D eigenvalue weighted by Crippen LogP contribution is 2.28. The molecule has 5 heteroatoms. The molecule has 102 valence electrons. The van der Waals surface area contributed by atoms with Crippen molar-refractivity contribution >= 4 is 11.7 Å². The van der Waals surface area contributed by atoms with Gasteiger partial charge in [0.25, 0.3) is 0 Å². The summed E-state index contributed by atoms with van der Waals surface area (Å²) >= 11 is 0. The Morgan fingerprint density at radius 1 is 1.42 bits per heavy atom. The van der Waals surface area contributed by atoms with Gasteiger partial charge in [-0.25, -0.2) is 9.78 Å². The lowest BCUT2D eigenvalue weighted by Gasteiger charge is -2.43. The third-order valence-corrected chi connectivity index (χ3v) is 4.24. The van der Waals surface area contributed by atoms with Crippen LogP contribution in [-0.2, 0) is 0 Å². The number of anilines is 1.